The molecular formula is C25H28FNO4. The molecule has 0 saturated carbocycles. The van der Waals surface area contributed by atoms with E-state index in [0.717, 1.165) is 27.7 Å². The number of benzene rings is 2. The zero-order valence-corrected chi connectivity index (χ0v) is 18.0. The van der Waals surface area contributed by atoms with Crippen molar-refractivity contribution in [2.24, 2.45) is 0 Å². The lowest BCUT2D eigenvalue weighted by Gasteiger charge is -2.15. The molecule has 0 spiro atoms. The summed E-state index contributed by atoms with van der Waals surface area (Å²) in [7, 11) is 1.26. The van der Waals surface area contributed by atoms with Crippen LogP contribution in [0.1, 0.15) is 38.4 Å². The van der Waals surface area contributed by atoms with Gasteiger partial charge in [-0.25, -0.2) is 4.39 Å². The molecule has 31 heavy (non-hydrogen) atoms. The Balaban J connectivity index is 2.03. The number of para-hydroxylation sites is 1. The molecule has 164 valence electrons. The highest BCUT2D eigenvalue weighted by atomic mass is 19.1. The van der Waals surface area contributed by atoms with Crippen LogP contribution in [0, 0.1) is 5.82 Å². The fourth-order valence-corrected chi connectivity index (χ4v) is 3.84. The van der Waals surface area contributed by atoms with E-state index in [1.807, 2.05) is 30.3 Å². The minimum atomic E-state index is -1.00. The Labute approximate surface area is 181 Å². The van der Waals surface area contributed by atoms with Gasteiger partial charge in [0.2, 0.25) is 0 Å². The standard InChI is InChI=1S/C25H28FNO4/c1-16(2)27-22-7-5-4-6-21(22)25(17-8-10-18(26)11-9-17)23(27)13-12-19(28)14-20(29)15-24(30)31-3/h4-13,16,19-20,28-29H,14-15H2,1-3H3/b13-12+/t19-,20+/m0/s1. The number of carbonyl (C=O) groups is 1. The van der Waals surface area contributed by atoms with E-state index in [1.54, 1.807) is 18.2 Å². The zero-order chi connectivity index (χ0) is 22.5. The first-order valence-corrected chi connectivity index (χ1v) is 10.3. The number of nitrogens with zero attached hydrogens (tertiary/aromatic N) is 1. The number of ether oxygens (including phenoxy) is 1. The second-order valence-corrected chi connectivity index (χ2v) is 7.84. The first-order chi connectivity index (χ1) is 14.8. The summed E-state index contributed by atoms with van der Waals surface area (Å²) in [6.07, 6.45) is 1.34. The van der Waals surface area contributed by atoms with Gasteiger partial charge in [0.1, 0.15) is 5.82 Å². The van der Waals surface area contributed by atoms with Gasteiger partial charge in [0, 0.05) is 34.6 Å². The summed E-state index contributed by atoms with van der Waals surface area (Å²) in [5.74, 6) is -0.828. The van der Waals surface area contributed by atoms with Crippen molar-refractivity contribution in [3.05, 3.63) is 66.1 Å². The molecule has 2 atom stereocenters. The zero-order valence-electron chi connectivity index (χ0n) is 18.0. The average Bonchev–Trinajstić information content (AvgIpc) is 3.07. The topological polar surface area (TPSA) is 71.7 Å². The fourth-order valence-electron chi connectivity index (χ4n) is 3.84. The van der Waals surface area contributed by atoms with Crippen molar-refractivity contribution >= 4 is 22.9 Å². The van der Waals surface area contributed by atoms with Crippen LogP contribution in [0.25, 0.3) is 28.1 Å². The van der Waals surface area contributed by atoms with E-state index in [4.69, 9.17) is 0 Å². The molecule has 0 aliphatic heterocycles. The summed E-state index contributed by atoms with van der Waals surface area (Å²) in [5, 5.41) is 21.4. The van der Waals surface area contributed by atoms with Crippen LogP contribution in [0.3, 0.4) is 0 Å². The van der Waals surface area contributed by atoms with E-state index in [9.17, 15) is 19.4 Å². The van der Waals surface area contributed by atoms with Crippen LogP contribution in [0.2, 0.25) is 0 Å². The van der Waals surface area contributed by atoms with Crippen LogP contribution in [0.4, 0.5) is 4.39 Å². The molecule has 0 unspecified atom stereocenters. The number of esters is 1. The van der Waals surface area contributed by atoms with Gasteiger partial charge in [-0.3, -0.25) is 4.79 Å². The Morgan fingerprint density at radius 2 is 1.81 bits per heavy atom. The molecule has 1 heterocycles. The number of halogens is 1. The Morgan fingerprint density at radius 3 is 2.45 bits per heavy atom. The van der Waals surface area contributed by atoms with Crippen molar-refractivity contribution in [1.29, 1.82) is 0 Å². The van der Waals surface area contributed by atoms with Crippen molar-refractivity contribution in [2.45, 2.75) is 44.9 Å². The van der Waals surface area contributed by atoms with E-state index in [1.165, 1.54) is 19.2 Å². The summed E-state index contributed by atoms with van der Waals surface area (Å²) >= 11 is 0. The largest absolute Gasteiger partial charge is 0.469 e. The van der Waals surface area contributed by atoms with Crippen molar-refractivity contribution in [2.75, 3.05) is 7.11 Å². The maximum Gasteiger partial charge on any atom is 0.308 e. The van der Waals surface area contributed by atoms with Crippen LogP contribution < -0.4 is 0 Å². The molecule has 0 fully saturated rings. The molecule has 0 amide bonds. The van der Waals surface area contributed by atoms with Crippen molar-refractivity contribution in [1.82, 2.24) is 4.57 Å². The normalized spacial score (nSPS) is 13.8. The van der Waals surface area contributed by atoms with Gasteiger partial charge >= 0.3 is 5.97 Å². The third-order valence-corrected chi connectivity index (χ3v) is 5.22. The first kappa shape index (κ1) is 22.7. The first-order valence-electron chi connectivity index (χ1n) is 10.3. The minimum Gasteiger partial charge on any atom is -0.469 e. The Bertz CT molecular complexity index is 1070. The highest BCUT2D eigenvalue weighted by molar-refractivity contribution is 6.01. The van der Waals surface area contributed by atoms with Gasteiger partial charge in [0.25, 0.3) is 0 Å². The van der Waals surface area contributed by atoms with E-state index < -0.39 is 18.2 Å². The van der Waals surface area contributed by atoms with Crippen LogP contribution in [0.15, 0.2) is 54.6 Å². The molecular weight excluding hydrogens is 397 g/mol. The Hall–Kier alpha value is -2.96. The number of hydrogen-bond acceptors (Lipinski definition) is 4. The van der Waals surface area contributed by atoms with E-state index in [0.29, 0.717) is 0 Å². The van der Waals surface area contributed by atoms with Gasteiger partial charge in [0.15, 0.2) is 0 Å². The average molecular weight is 426 g/mol. The van der Waals surface area contributed by atoms with E-state index in [2.05, 4.69) is 23.2 Å². The summed E-state index contributed by atoms with van der Waals surface area (Å²) in [6.45, 7) is 4.16. The number of aliphatic hydroxyl groups excluding tert-OH is 2. The van der Waals surface area contributed by atoms with Crippen molar-refractivity contribution in [3.63, 3.8) is 0 Å². The number of aliphatic hydroxyl groups is 2. The van der Waals surface area contributed by atoms with E-state index >= 15 is 0 Å². The Morgan fingerprint density at radius 1 is 1.13 bits per heavy atom. The van der Waals surface area contributed by atoms with Gasteiger partial charge in [-0.2, -0.15) is 0 Å². The Kier molecular flexibility index (Phi) is 7.25. The summed E-state index contributed by atoms with van der Waals surface area (Å²) < 4.78 is 20.3. The minimum absolute atomic E-state index is 0.0133. The lowest BCUT2D eigenvalue weighted by atomic mass is 10.0. The molecule has 0 bridgehead atoms. The van der Waals surface area contributed by atoms with Crippen molar-refractivity contribution in [3.8, 4) is 11.1 Å². The molecule has 2 aromatic carbocycles. The van der Waals surface area contributed by atoms with Gasteiger partial charge < -0.3 is 19.5 Å². The summed E-state index contributed by atoms with van der Waals surface area (Å²) in [6, 6.07) is 14.5. The fraction of sp³-hybridized carbons (Fsp3) is 0.320. The number of methoxy groups -OCH3 is 1. The van der Waals surface area contributed by atoms with Crippen molar-refractivity contribution < 1.29 is 24.1 Å². The summed E-state index contributed by atoms with van der Waals surface area (Å²) in [4.78, 5) is 11.3. The molecule has 0 aliphatic rings. The van der Waals surface area contributed by atoms with Gasteiger partial charge in [-0.1, -0.05) is 36.4 Å². The lowest BCUT2D eigenvalue weighted by molar-refractivity contribution is -0.143. The monoisotopic (exact) mass is 425 g/mol. The van der Waals surface area contributed by atoms with Gasteiger partial charge in [-0.15, -0.1) is 0 Å². The second-order valence-electron chi connectivity index (χ2n) is 7.84. The quantitative estimate of drug-likeness (QED) is 0.513. The van der Waals surface area contributed by atoms with Crippen LogP contribution in [0.5, 0.6) is 0 Å². The molecule has 6 heteroatoms. The number of aromatic nitrogens is 1. The maximum atomic E-state index is 13.5. The molecule has 0 radical (unpaired) electrons. The SMILES string of the molecule is COC(=O)C[C@H](O)C[C@@H](O)/C=C/c1c(-c2ccc(F)cc2)c2ccccc2n1C(C)C. The van der Waals surface area contributed by atoms with E-state index in [-0.39, 0.29) is 24.7 Å². The van der Waals surface area contributed by atoms with Crippen LogP contribution in [-0.2, 0) is 9.53 Å². The third kappa shape index (κ3) is 5.21. The highest BCUT2D eigenvalue weighted by Gasteiger charge is 2.19. The van der Waals surface area contributed by atoms with Gasteiger partial charge in [0.05, 0.1) is 25.7 Å². The van der Waals surface area contributed by atoms with Crippen LogP contribution in [-0.4, -0.2) is 40.1 Å². The molecule has 5 nitrogen and oxygen atoms in total. The van der Waals surface area contributed by atoms with Crippen LogP contribution >= 0.6 is 0 Å². The second kappa shape index (κ2) is 9.90. The number of hydrogen-bond donors (Lipinski definition) is 2. The molecule has 3 aromatic rings. The molecule has 2 N–H and O–H groups in total. The molecule has 0 saturated heterocycles. The summed E-state index contributed by atoms with van der Waals surface area (Å²) in [5.41, 5.74) is 3.74. The lowest BCUT2D eigenvalue weighted by Crippen LogP contribution is -2.20. The smallest absolute Gasteiger partial charge is 0.308 e. The number of fused-ring (bicyclic) bond motifs is 1. The molecule has 0 aliphatic carbocycles. The maximum absolute atomic E-state index is 13.5. The predicted octanol–water partition coefficient (Wildman–Crippen LogP) is 4.72. The molecule has 3 rings (SSSR count). The number of rotatable bonds is 8. The third-order valence-electron chi connectivity index (χ3n) is 5.22. The van der Waals surface area contributed by atoms with Gasteiger partial charge in [-0.05, 0) is 43.7 Å². The molecule has 1 aromatic heterocycles. The highest BCUT2D eigenvalue weighted by Crippen LogP contribution is 2.38. The predicted molar refractivity (Wildman–Crippen MR) is 120 cm³/mol. The number of carbonyl (C=O) groups excluding carboxylic acids is 1.